The van der Waals surface area contributed by atoms with E-state index in [0.717, 1.165) is 27.6 Å². The van der Waals surface area contributed by atoms with Gasteiger partial charge in [-0.3, -0.25) is 4.79 Å². The third-order valence-corrected chi connectivity index (χ3v) is 8.64. The van der Waals surface area contributed by atoms with Crippen molar-refractivity contribution in [2.24, 2.45) is 0 Å². The van der Waals surface area contributed by atoms with Crippen LogP contribution in [-0.4, -0.2) is 36.8 Å². The molecule has 8 heteroatoms. The van der Waals surface area contributed by atoms with Crippen LogP contribution in [0.25, 0.3) is 44.2 Å². The average molecular weight is 522 g/mol. The highest BCUT2D eigenvalue weighted by Gasteiger charge is 2.28. The zero-order chi connectivity index (χ0) is 26.4. The van der Waals surface area contributed by atoms with Gasteiger partial charge in [-0.15, -0.1) is 0 Å². The highest BCUT2D eigenvalue weighted by Crippen LogP contribution is 2.42. The Morgan fingerprint density at radius 1 is 0.895 bits per heavy atom. The Bertz CT molecular complexity index is 1950. The lowest BCUT2D eigenvalue weighted by molar-refractivity contribution is 0.112. The van der Waals surface area contributed by atoms with Crippen LogP contribution in [0.3, 0.4) is 0 Å². The summed E-state index contributed by atoms with van der Waals surface area (Å²) < 4.78 is 34.1. The van der Waals surface area contributed by atoms with Crippen molar-refractivity contribution >= 4 is 38.1 Å². The van der Waals surface area contributed by atoms with E-state index < -0.39 is 9.84 Å². The van der Waals surface area contributed by atoms with Crippen LogP contribution < -0.4 is 4.74 Å². The fourth-order valence-electron chi connectivity index (χ4n) is 4.81. The molecule has 0 amide bonds. The van der Waals surface area contributed by atoms with Crippen molar-refractivity contribution in [3.63, 3.8) is 0 Å². The van der Waals surface area contributed by atoms with Crippen molar-refractivity contribution in [3.8, 4) is 28.0 Å². The fourth-order valence-corrected chi connectivity index (χ4v) is 6.48. The number of fused-ring (bicyclic) bond motifs is 2. The zero-order valence-corrected chi connectivity index (χ0v) is 21.5. The normalized spacial score (nSPS) is 11.7. The second kappa shape index (κ2) is 9.00. The lowest BCUT2D eigenvalue weighted by Gasteiger charge is -2.15. The molecule has 38 heavy (non-hydrogen) atoms. The van der Waals surface area contributed by atoms with E-state index in [1.165, 1.54) is 7.11 Å². The number of benzene rings is 3. The fraction of sp³-hybridized carbons (Fsp3) is 0.0667. The van der Waals surface area contributed by atoms with Crippen LogP contribution in [0, 0.1) is 6.92 Å². The molecule has 0 saturated carbocycles. The van der Waals surface area contributed by atoms with E-state index in [9.17, 15) is 13.2 Å². The van der Waals surface area contributed by atoms with Gasteiger partial charge in [-0.1, -0.05) is 29.8 Å². The second-order valence-electron chi connectivity index (χ2n) is 9.10. The summed E-state index contributed by atoms with van der Waals surface area (Å²) in [5.41, 5.74) is 5.34. The Morgan fingerprint density at radius 3 is 2.42 bits per heavy atom. The smallest absolute Gasteiger partial charge is 0.208 e. The second-order valence-corrected chi connectivity index (χ2v) is 11.0. The van der Waals surface area contributed by atoms with Gasteiger partial charge in [-0.2, -0.15) is 0 Å². The molecule has 3 aromatic heterocycles. The molecule has 6 rings (SSSR count). The van der Waals surface area contributed by atoms with Gasteiger partial charge in [0.1, 0.15) is 11.4 Å². The van der Waals surface area contributed by atoms with Gasteiger partial charge in [0.25, 0.3) is 0 Å². The van der Waals surface area contributed by atoms with Gasteiger partial charge in [0, 0.05) is 40.6 Å². The number of ether oxygens (including phenoxy) is 1. The largest absolute Gasteiger partial charge is 0.496 e. The van der Waals surface area contributed by atoms with Crippen molar-refractivity contribution in [3.05, 3.63) is 96.4 Å². The third-order valence-electron chi connectivity index (χ3n) is 6.79. The SMILES string of the molecule is COc1cc(-c2cnc3[nH]cc(-c4ccc5[nH]ccc5c4)c3c2S(=O)(=O)c2ccc(C)cc2)ccc1C=O. The van der Waals surface area contributed by atoms with Gasteiger partial charge in [-0.25, -0.2) is 13.4 Å². The maximum atomic E-state index is 14.3. The number of nitrogens with zero attached hydrogens (tertiary/aromatic N) is 1. The van der Waals surface area contributed by atoms with Gasteiger partial charge in [0.2, 0.25) is 9.84 Å². The van der Waals surface area contributed by atoms with Crippen LogP contribution in [0.5, 0.6) is 5.75 Å². The summed E-state index contributed by atoms with van der Waals surface area (Å²) >= 11 is 0. The van der Waals surface area contributed by atoms with Crippen LogP contribution in [0.1, 0.15) is 15.9 Å². The number of pyridine rings is 1. The number of aromatic nitrogens is 3. The molecule has 0 spiro atoms. The topological polar surface area (TPSA) is 105 Å². The zero-order valence-electron chi connectivity index (χ0n) is 20.6. The molecule has 6 aromatic rings. The summed E-state index contributed by atoms with van der Waals surface area (Å²) in [7, 11) is -2.53. The number of carbonyl (C=O) groups excluding carboxylic acids is 1. The van der Waals surface area contributed by atoms with Crippen LogP contribution >= 0.6 is 0 Å². The minimum atomic E-state index is -4.00. The number of aldehydes is 1. The predicted molar refractivity (Wildman–Crippen MR) is 147 cm³/mol. The Morgan fingerprint density at radius 2 is 1.66 bits per heavy atom. The van der Waals surface area contributed by atoms with Crippen molar-refractivity contribution in [1.82, 2.24) is 15.0 Å². The molecular weight excluding hydrogens is 498 g/mol. The van der Waals surface area contributed by atoms with Crippen molar-refractivity contribution < 1.29 is 17.9 Å². The molecule has 0 saturated heterocycles. The first-order valence-electron chi connectivity index (χ1n) is 11.9. The number of H-pyrrole nitrogens is 2. The number of carbonyl (C=O) groups is 1. The predicted octanol–water partition coefficient (Wildman–Crippen LogP) is 6.34. The Kier molecular flexibility index (Phi) is 5.61. The Labute approximate surface area is 219 Å². The summed E-state index contributed by atoms with van der Waals surface area (Å²) in [6, 6.07) is 19.7. The summed E-state index contributed by atoms with van der Waals surface area (Å²) in [6.07, 6.45) is 5.91. The number of hydrogen-bond donors (Lipinski definition) is 2. The number of rotatable bonds is 6. The first-order chi connectivity index (χ1) is 18.4. The molecule has 0 bridgehead atoms. The standard InChI is InChI=1S/C30H23N3O4S/c1-18-3-8-23(9-4-18)38(35,36)29-25(20-5-6-22(17-34)27(14-20)37-2)16-33-30-28(29)24(15-32-30)19-7-10-26-21(13-19)11-12-31-26/h3-17,31H,1-2H3,(H,32,33). The van der Waals surface area contributed by atoms with Gasteiger partial charge in [-0.05, 0) is 65.9 Å². The molecule has 3 aromatic carbocycles. The van der Waals surface area contributed by atoms with E-state index in [1.807, 2.05) is 37.4 Å². The maximum absolute atomic E-state index is 14.3. The molecule has 0 aliphatic rings. The van der Waals surface area contributed by atoms with Crippen LogP contribution in [0.4, 0.5) is 0 Å². The highest BCUT2D eigenvalue weighted by atomic mass is 32.2. The van der Waals surface area contributed by atoms with Gasteiger partial charge < -0.3 is 14.7 Å². The van der Waals surface area contributed by atoms with Crippen molar-refractivity contribution in [1.29, 1.82) is 0 Å². The molecule has 0 aliphatic heterocycles. The number of nitrogens with one attached hydrogen (secondary N) is 2. The average Bonchev–Trinajstić information content (AvgIpc) is 3.59. The number of aryl methyl sites for hydroxylation is 1. The van der Waals surface area contributed by atoms with Crippen molar-refractivity contribution in [2.75, 3.05) is 7.11 Å². The highest BCUT2D eigenvalue weighted by molar-refractivity contribution is 7.92. The van der Waals surface area contributed by atoms with Crippen LogP contribution in [0.15, 0.2) is 95.1 Å². The minimum Gasteiger partial charge on any atom is -0.496 e. The number of hydrogen-bond acceptors (Lipinski definition) is 5. The first-order valence-corrected chi connectivity index (χ1v) is 13.4. The molecule has 0 fully saturated rings. The lowest BCUT2D eigenvalue weighted by atomic mass is 10.00. The minimum absolute atomic E-state index is 0.137. The lowest BCUT2D eigenvalue weighted by Crippen LogP contribution is -2.06. The number of methoxy groups -OCH3 is 1. The summed E-state index contributed by atoms with van der Waals surface area (Å²) in [5, 5.41) is 1.51. The quantitative estimate of drug-likeness (QED) is 0.249. The molecule has 0 radical (unpaired) electrons. The molecule has 0 atom stereocenters. The van der Waals surface area contributed by atoms with E-state index in [-0.39, 0.29) is 9.79 Å². The summed E-state index contributed by atoms with van der Waals surface area (Å²) in [6.45, 7) is 1.91. The Balaban J connectivity index is 1.70. The molecule has 0 aliphatic carbocycles. The van der Waals surface area contributed by atoms with E-state index in [2.05, 4.69) is 15.0 Å². The number of aromatic amines is 2. The summed E-state index contributed by atoms with van der Waals surface area (Å²) in [4.78, 5) is 22.8. The van der Waals surface area contributed by atoms with E-state index in [4.69, 9.17) is 4.74 Å². The van der Waals surface area contributed by atoms with Gasteiger partial charge >= 0.3 is 0 Å². The molecule has 7 nitrogen and oxygen atoms in total. The number of sulfone groups is 1. The van der Waals surface area contributed by atoms with Crippen LogP contribution in [0.2, 0.25) is 0 Å². The summed E-state index contributed by atoms with van der Waals surface area (Å²) in [5.74, 6) is 0.350. The molecule has 0 unspecified atom stereocenters. The first kappa shape index (κ1) is 23.7. The monoisotopic (exact) mass is 521 g/mol. The Hall–Kier alpha value is -4.69. The van der Waals surface area contributed by atoms with Crippen molar-refractivity contribution in [2.45, 2.75) is 16.7 Å². The molecule has 2 N–H and O–H groups in total. The van der Waals surface area contributed by atoms with Gasteiger partial charge in [0.15, 0.2) is 6.29 Å². The maximum Gasteiger partial charge on any atom is 0.208 e. The molecule has 188 valence electrons. The van der Waals surface area contributed by atoms with Crippen LogP contribution in [-0.2, 0) is 9.84 Å². The third kappa shape index (κ3) is 3.77. The van der Waals surface area contributed by atoms with E-state index in [1.54, 1.807) is 54.9 Å². The van der Waals surface area contributed by atoms with Gasteiger partial charge in [0.05, 0.1) is 22.5 Å². The molecular formula is C30H23N3O4S. The van der Waals surface area contributed by atoms with E-state index >= 15 is 0 Å². The molecule has 3 heterocycles. The van der Waals surface area contributed by atoms with E-state index in [0.29, 0.717) is 39.8 Å².